The first-order chi connectivity index (χ1) is 10.6. The lowest BCUT2D eigenvalue weighted by molar-refractivity contribution is 0.446. The molecule has 0 fully saturated rings. The molecule has 1 aromatic carbocycles. The van der Waals surface area contributed by atoms with Crippen molar-refractivity contribution in [3.8, 4) is 0 Å². The maximum atomic E-state index is 13.4. The number of aryl methyl sites for hydroxylation is 2. The molecule has 0 bridgehead atoms. The summed E-state index contributed by atoms with van der Waals surface area (Å²) in [5.74, 6) is 1.59. The molecule has 0 spiro atoms. The van der Waals surface area contributed by atoms with E-state index in [1.54, 1.807) is 6.07 Å². The summed E-state index contributed by atoms with van der Waals surface area (Å²) in [7, 11) is 0. The zero-order valence-corrected chi connectivity index (χ0v) is 13.0. The van der Waals surface area contributed by atoms with Crippen LogP contribution in [0.2, 0.25) is 0 Å². The van der Waals surface area contributed by atoms with Crippen molar-refractivity contribution >= 4 is 11.0 Å². The molecule has 2 heterocycles. The number of hydrogen-bond acceptors (Lipinski definition) is 3. The highest BCUT2D eigenvalue weighted by molar-refractivity contribution is 5.82. The first-order valence-corrected chi connectivity index (χ1v) is 7.53. The lowest BCUT2D eigenvalue weighted by atomic mass is 10.1. The fraction of sp³-hybridized carbons (Fsp3) is 0.353. The molecule has 1 atom stereocenters. The number of imidazole rings is 1. The van der Waals surface area contributed by atoms with Crippen molar-refractivity contribution in [3.63, 3.8) is 0 Å². The summed E-state index contributed by atoms with van der Waals surface area (Å²) in [6.45, 7) is 6.75. The summed E-state index contributed by atoms with van der Waals surface area (Å²) in [6.07, 6.45) is 2.74. The van der Waals surface area contributed by atoms with Gasteiger partial charge in [-0.3, -0.25) is 0 Å². The quantitative estimate of drug-likeness (QED) is 0.748. The van der Waals surface area contributed by atoms with Crippen molar-refractivity contribution in [1.29, 1.82) is 0 Å². The van der Waals surface area contributed by atoms with E-state index >= 15 is 0 Å². The summed E-state index contributed by atoms with van der Waals surface area (Å²) < 4.78 is 19.2. The number of aromatic nitrogens is 2. The molecule has 116 valence electrons. The summed E-state index contributed by atoms with van der Waals surface area (Å²) in [4.78, 5) is 7.55. The molecule has 0 aliphatic carbocycles. The summed E-state index contributed by atoms with van der Waals surface area (Å²) >= 11 is 0. The largest absolute Gasteiger partial charge is 0.459 e. The van der Waals surface area contributed by atoms with Crippen LogP contribution in [0.5, 0.6) is 0 Å². The standard InChI is InChI=1S/C17H20FN3O/c1-4-16-20-9-13(21-16)8-19-11(3)17-10(2)14-7-12(18)5-6-15(14)22-17/h5-7,9,11,19H,4,8H2,1-3H3,(H,20,21). The third-order valence-corrected chi connectivity index (χ3v) is 3.94. The summed E-state index contributed by atoms with van der Waals surface area (Å²) in [5, 5.41) is 4.24. The van der Waals surface area contributed by atoms with Gasteiger partial charge in [-0.1, -0.05) is 6.92 Å². The molecule has 0 radical (unpaired) electrons. The van der Waals surface area contributed by atoms with Crippen LogP contribution in [-0.2, 0) is 13.0 Å². The minimum Gasteiger partial charge on any atom is -0.459 e. The van der Waals surface area contributed by atoms with Crippen molar-refractivity contribution in [2.75, 3.05) is 0 Å². The van der Waals surface area contributed by atoms with E-state index in [0.717, 1.165) is 40.2 Å². The van der Waals surface area contributed by atoms with E-state index in [9.17, 15) is 4.39 Å². The van der Waals surface area contributed by atoms with Crippen molar-refractivity contribution in [3.05, 3.63) is 53.1 Å². The minimum absolute atomic E-state index is 0.0313. The Labute approximate surface area is 128 Å². The molecule has 4 nitrogen and oxygen atoms in total. The van der Waals surface area contributed by atoms with E-state index in [4.69, 9.17) is 4.42 Å². The van der Waals surface area contributed by atoms with Gasteiger partial charge in [-0.25, -0.2) is 9.37 Å². The monoisotopic (exact) mass is 301 g/mol. The Morgan fingerprint density at radius 3 is 2.95 bits per heavy atom. The molecule has 5 heteroatoms. The van der Waals surface area contributed by atoms with Gasteiger partial charge in [0.25, 0.3) is 0 Å². The summed E-state index contributed by atoms with van der Waals surface area (Å²) in [5.41, 5.74) is 2.74. The average molecular weight is 301 g/mol. The number of aromatic amines is 1. The molecule has 2 N–H and O–H groups in total. The van der Waals surface area contributed by atoms with Gasteiger partial charge >= 0.3 is 0 Å². The first kappa shape index (κ1) is 14.8. The number of nitrogens with zero attached hydrogens (tertiary/aromatic N) is 1. The normalized spacial score (nSPS) is 12.9. The van der Waals surface area contributed by atoms with Crippen LogP contribution in [0.1, 0.15) is 42.7 Å². The Morgan fingerprint density at radius 1 is 1.41 bits per heavy atom. The molecule has 2 aromatic heterocycles. The summed E-state index contributed by atoms with van der Waals surface area (Å²) in [6, 6.07) is 4.65. The molecule has 1 unspecified atom stereocenters. The fourth-order valence-corrected chi connectivity index (χ4v) is 2.66. The lowest BCUT2D eigenvalue weighted by Gasteiger charge is -2.11. The zero-order chi connectivity index (χ0) is 15.7. The number of H-pyrrole nitrogens is 1. The van der Waals surface area contributed by atoms with E-state index in [2.05, 4.69) is 22.2 Å². The number of furan rings is 1. The van der Waals surface area contributed by atoms with Gasteiger partial charge in [0.2, 0.25) is 0 Å². The van der Waals surface area contributed by atoms with Crippen LogP contribution in [0.15, 0.2) is 28.8 Å². The highest BCUT2D eigenvalue weighted by atomic mass is 19.1. The molecule has 3 rings (SSSR count). The van der Waals surface area contributed by atoms with Gasteiger partial charge in [0, 0.05) is 35.8 Å². The Bertz CT molecular complexity index is 790. The maximum Gasteiger partial charge on any atom is 0.134 e. The number of hydrogen-bond donors (Lipinski definition) is 2. The fourth-order valence-electron chi connectivity index (χ4n) is 2.66. The Balaban J connectivity index is 1.77. The molecular formula is C17H20FN3O. The van der Waals surface area contributed by atoms with Crippen molar-refractivity contribution in [1.82, 2.24) is 15.3 Å². The Morgan fingerprint density at radius 2 is 2.23 bits per heavy atom. The van der Waals surface area contributed by atoms with Crippen LogP contribution >= 0.6 is 0 Å². The first-order valence-electron chi connectivity index (χ1n) is 7.53. The number of benzene rings is 1. The van der Waals surface area contributed by atoms with Crippen LogP contribution in [0, 0.1) is 12.7 Å². The van der Waals surface area contributed by atoms with Crippen LogP contribution in [0.3, 0.4) is 0 Å². The molecule has 0 saturated heterocycles. The Hall–Kier alpha value is -2.14. The number of fused-ring (bicyclic) bond motifs is 1. The van der Waals surface area contributed by atoms with E-state index in [1.807, 2.05) is 20.0 Å². The van der Waals surface area contributed by atoms with Crippen molar-refractivity contribution < 1.29 is 8.81 Å². The van der Waals surface area contributed by atoms with E-state index in [-0.39, 0.29) is 11.9 Å². The maximum absolute atomic E-state index is 13.4. The van der Waals surface area contributed by atoms with Crippen molar-refractivity contribution in [2.45, 2.75) is 39.8 Å². The third kappa shape index (κ3) is 2.76. The van der Waals surface area contributed by atoms with Gasteiger partial charge in [0.15, 0.2) is 0 Å². The van der Waals surface area contributed by atoms with Gasteiger partial charge in [-0.15, -0.1) is 0 Å². The second kappa shape index (κ2) is 5.93. The second-order valence-electron chi connectivity index (χ2n) is 5.54. The number of nitrogens with one attached hydrogen (secondary N) is 2. The number of halogens is 1. The van der Waals surface area contributed by atoms with Crippen molar-refractivity contribution in [2.24, 2.45) is 0 Å². The molecule has 3 aromatic rings. The molecule has 0 aliphatic heterocycles. The van der Waals surface area contributed by atoms with Gasteiger partial charge < -0.3 is 14.7 Å². The van der Waals surface area contributed by atoms with E-state index in [1.165, 1.54) is 12.1 Å². The molecule has 0 aliphatic rings. The SMILES string of the molecule is CCc1ncc(CNC(C)c2oc3ccc(F)cc3c2C)[nH]1. The highest BCUT2D eigenvalue weighted by Crippen LogP contribution is 2.29. The van der Waals surface area contributed by atoms with E-state index < -0.39 is 0 Å². The van der Waals surface area contributed by atoms with Gasteiger partial charge in [0.05, 0.1) is 6.04 Å². The molecule has 22 heavy (non-hydrogen) atoms. The minimum atomic E-state index is -0.242. The molecule has 0 amide bonds. The van der Waals surface area contributed by atoms with E-state index in [0.29, 0.717) is 6.54 Å². The van der Waals surface area contributed by atoms with Gasteiger partial charge in [-0.2, -0.15) is 0 Å². The van der Waals surface area contributed by atoms with Gasteiger partial charge in [-0.05, 0) is 32.0 Å². The molecular weight excluding hydrogens is 281 g/mol. The lowest BCUT2D eigenvalue weighted by Crippen LogP contribution is -2.18. The van der Waals surface area contributed by atoms with Crippen LogP contribution in [-0.4, -0.2) is 9.97 Å². The third-order valence-electron chi connectivity index (χ3n) is 3.94. The number of rotatable bonds is 5. The topological polar surface area (TPSA) is 53.9 Å². The van der Waals surface area contributed by atoms with Gasteiger partial charge in [0.1, 0.15) is 23.0 Å². The predicted octanol–water partition coefficient (Wildman–Crippen LogP) is 4.02. The predicted molar refractivity (Wildman–Crippen MR) is 84.1 cm³/mol. The van der Waals surface area contributed by atoms with Crippen LogP contribution in [0.25, 0.3) is 11.0 Å². The smallest absolute Gasteiger partial charge is 0.134 e. The Kier molecular flexibility index (Phi) is 3.98. The highest BCUT2D eigenvalue weighted by Gasteiger charge is 2.17. The second-order valence-corrected chi connectivity index (χ2v) is 5.54. The zero-order valence-electron chi connectivity index (χ0n) is 13.0. The average Bonchev–Trinajstić information content (AvgIpc) is 3.10. The van der Waals surface area contributed by atoms with Crippen LogP contribution < -0.4 is 5.32 Å². The van der Waals surface area contributed by atoms with Crippen LogP contribution in [0.4, 0.5) is 4.39 Å². The molecule has 0 saturated carbocycles.